The summed E-state index contributed by atoms with van der Waals surface area (Å²) in [7, 11) is 1.70. The Morgan fingerprint density at radius 3 is 2.73 bits per heavy atom. The summed E-state index contributed by atoms with van der Waals surface area (Å²) in [5.74, 6) is 2.32. The molecule has 30 heavy (non-hydrogen) atoms. The highest BCUT2D eigenvalue weighted by Gasteiger charge is 2.27. The standard InChI is InChI=1S/C23H21ClN2O3S/c1-27-16-2-3-19-23(10-16)30-22(6-9-26(19)13-15-4-7-25-8-5-15)17-11-20-21(12-18(17)24)29-14-28-20/h2-5,7-8,10-12,22H,6,9,13-14H2,1H3/t22-/m0/s1. The van der Waals surface area contributed by atoms with Gasteiger partial charge < -0.3 is 19.1 Å². The average molecular weight is 441 g/mol. The topological polar surface area (TPSA) is 43.8 Å². The lowest BCUT2D eigenvalue weighted by molar-refractivity contribution is 0.174. The van der Waals surface area contributed by atoms with Gasteiger partial charge in [0, 0.05) is 46.7 Å². The molecule has 3 aromatic rings. The number of methoxy groups -OCH3 is 1. The molecule has 154 valence electrons. The van der Waals surface area contributed by atoms with Crippen LogP contribution in [0.3, 0.4) is 0 Å². The van der Waals surface area contributed by atoms with Crippen LogP contribution in [0.5, 0.6) is 17.2 Å². The first-order chi connectivity index (χ1) is 14.7. The summed E-state index contributed by atoms with van der Waals surface area (Å²) in [4.78, 5) is 7.73. The van der Waals surface area contributed by atoms with Crippen molar-refractivity contribution >= 4 is 29.1 Å². The zero-order chi connectivity index (χ0) is 20.5. The maximum atomic E-state index is 6.65. The second-order valence-corrected chi connectivity index (χ2v) is 8.88. The lowest BCUT2D eigenvalue weighted by atomic mass is 10.1. The van der Waals surface area contributed by atoms with E-state index in [-0.39, 0.29) is 12.0 Å². The van der Waals surface area contributed by atoms with Gasteiger partial charge in [-0.25, -0.2) is 0 Å². The van der Waals surface area contributed by atoms with Crippen LogP contribution in [0, 0.1) is 0 Å². The summed E-state index contributed by atoms with van der Waals surface area (Å²) < 4.78 is 16.6. The molecule has 0 fully saturated rings. The Balaban J connectivity index is 1.50. The zero-order valence-corrected chi connectivity index (χ0v) is 18.1. The smallest absolute Gasteiger partial charge is 0.231 e. The molecule has 2 aliphatic rings. The first-order valence-electron chi connectivity index (χ1n) is 9.79. The van der Waals surface area contributed by atoms with E-state index in [4.69, 9.17) is 25.8 Å². The van der Waals surface area contributed by atoms with Crippen molar-refractivity contribution < 1.29 is 14.2 Å². The van der Waals surface area contributed by atoms with Gasteiger partial charge in [-0.05, 0) is 53.9 Å². The molecule has 0 aliphatic carbocycles. The van der Waals surface area contributed by atoms with E-state index >= 15 is 0 Å². The Bertz CT molecular complexity index is 1060. The van der Waals surface area contributed by atoms with Crippen LogP contribution in [0.25, 0.3) is 0 Å². The van der Waals surface area contributed by atoms with E-state index < -0.39 is 0 Å². The SMILES string of the molecule is COc1ccc2c(c1)S[C@H](c1cc3c(cc1Cl)OCO3)CCN2Cc1ccncc1. The Hall–Kier alpha value is -2.57. The fraction of sp³-hybridized carbons (Fsp3) is 0.261. The quantitative estimate of drug-likeness (QED) is 0.517. The molecule has 1 atom stereocenters. The Kier molecular flexibility index (Phi) is 5.35. The number of hydrogen-bond acceptors (Lipinski definition) is 6. The number of benzene rings is 2. The van der Waals surface area contributed by atoms with Crippen molar-refractivity contribution in [2.24, 2.45) is 0 Å². The summed E-state index contributed by atoms with van der Waals surface area (Å²) in [6.07, 6.45) is 4.63. The van der Waals surface area contributed by atoms with E-state index in [0.29, 0.717) is 10.8 Å². The van der Waals surface area contributed by atoms with Crippen molar-refractivity contribution in [3.63, 3.8) is 0 Å². The summed E-state index contributed by atoms with van der Waals surface area (Å²) >= 11 is 8.47. The van der Waals surface area contributed by atoms with E-state index in [0.717, 1.165) is 36.6 Å². The maximum absolute atomic E-state index is 6.65. The number of hydrogen-bond donors (Lipinski definition) is 0. The monoisotopic (exact) mass is 440 g/mol. The molecule has 2 aliphatic heterocycles. The lowest BCUT2D eigenvalue weighted by Crippen LogP contribution is -2.24. The zero-order valence-electron chi connectivity index (χ0n) is 16.5. The number of nitrogens with zero attached hydrogens (tertiary/aromatic N) is 2. The number of halogens is 1. The summed E-state index contributed by atoms with van der Waals surface area (Å²) in [5.41, 5.74) is 3.51. The number of ether oxygens (including phenoxy) is 3. The molecule has 5 nitrogen and oxygen atoms in total. The van der Waals surface area contributed by atoms with Gasteiger partial charge in [0.1, 0.15) is 5.75 Å². The van der Waals surface area contributed by atoms with Crippen LogP contribution < -0.4 is 19.1 Å². The first kappa shape index (κ1) is 19.4. The first-order valence-corrected chi connectivity index (χ1v) is 11.0. The normalized spacial score (nSPS) is 17.4. The minimum atomic E-state index is 0.195. The van der Waals surface area contributed by atoms with E-state index in [1.165, 1.54) is 16.1 Å². The van der Waals surface area contributed by atoms with E-state index in [1.807, 2.05) is 42.4 Å². The number of pyridine rings is 1. The van der Waals surface area contributed by atoms with Gasteiger partial charge in [-0.2, -0.15) is 0 Å². The summed E-state index contributed by atoms with van der Waals surface area (Å²) in [5, 5.41) is 0.907. The number of aromatic nitrogens is 1. The highest BCUT2D eigenvalue weighted by atomic mass is 35.5. The fourth-order valence-electron chi connectivity index (χ4n) is 3.85. The van der Waals surface area contributed by atoms with Crippen LogP contribution in [0.15, 0.2) is 59.8 Å². The highest BCUT2D eigenvalue weighted by Crippen LogP contribution is 2.50. The average Bonchev–Trinajstić information content (AvgIpc) is 3.15. The van der Waals surface area contributed by atoms with Crippen LogP contribution in [0.1, 0.15) is 22.8 Å². The second-order valence-electron chi connectivity index (χ2n) is 7.23. The van der Waals surface area contributed by atoms with Crippen LogP contribution in [0.4, 0.5) is 5.69 Å². The van der Waals surface area contributed by atoms with Crippen molar-refractivity contribution in [2.75, 3.05) is 25.3 Å². The van der Waals surface area contributed by atoms with Crippen molar-refractivity contribution in [3.8, 4) is 17.2 Å². The van der Waals surface area contributed by atoms with Gasteiger partial charge in [-0.15, -0.1) is 11.8 Å². The predicted octanol–water partition coefficient (Wildman–Crippen LogP) is 5.72. The molecule has 0 radical (unpaired) electrons. The minimum Gasteiger partial charge on any atom is -0.497 e. The third kappa shape index (κ3) is 3.77. The predicted molar refractivity (Wildman–Crippen MR) is 119 cm³/mol. The molecular weight excluding hydrogens is 420 g/mol. The summed E-state index contributed by atoms with van der Waals surface area (Å²) in [6, 6.07) is 14.3. The van der Waals surface area contributed by atoms with Gasteiger partial charge >= 0.3 is 0 Å². The van der Waals surface area contributed by atoms with Crippen molar-refractivity contribution in [1.29, 1.82) is 0 Å². The van der Waals surface area contributed by atoms with Crippen molar-refractivity contribution in [2.45, 2.75) is 23.1 Å². The molecule has 7 heteroatoms. The van der Waals surface area contributed by atoms with Crippen LogP contribution in [-0.4, -0.2) is 25.4 Å². The van der Waals surface area contributed by atoms with Gasteiger partial charge in [0.2, 0.25) is 6.79 Å². The minimum absolute atomic E-state index is 0.195. The van der Waals surface area contributed by atoms with Gasteiger partial charge in [-0.3, -0.25) is 4.98 Å². The molecule has 0 spiro atoms. The molecule has 0 saturated heterocycles. The molecule has 0 bridgehead atoms. The fourth-order valence-corrected chi connectivity index (χ4v) is 5.56. The lowest BCUT2D eigenvalue weighted by Gasteiger charge is -2.25. The third-order valence-corrected chi connectivity index (χ3v) is 7.08. The van der Waals surface area contributed by atoms with Crippen LogP contribution in [-0.2, 0) is 6.54 Å². The van der Waals surface area contributed by atoms with E-state index in [2.05, 4.69) is 34.1 Å². The molecule has 1 aromatic heterocycles. The third-order valence-electron chi connectivity index (χ3n) is 5.40. The maximum Gasteiger partial charge on any atom is 0.231 e. The summed E-state index contributed by atoms with van der Waals surface area (Å²) in [6.45, 7) is 1.97. The highest BCUT2D eigenvalue weighted by molar-refractivity contribution is 7.99. The number of rotatable bonds is 4. The molecule has 3 heterocycles. The number of anilines is 1. The van der Waals surface area contributed by atoms with Crippen LogP contribution in [0.2, 0.25) is 5.02 Å². The van der Waals surface area contributed by atoms with Crippen molar-refractivity contribution in [3.05, 3.63) is 71.0 Å². The molecule has 0 amide bonds. The Labute approximate surface area is 184 Å². The number of fused-ring (bicyclic) bond motifs is 2. The molecule has 0 N–H and O–H groups in total. The van der Waals surface area contributed by atoms with E-state index in [9.17, 15) is 0 Å². The van der Waals surface area contributed by atoms with Crippen LogP contribution >= 0.6 is 23.4 Å². The van der Waals surface area contributed by atoms with Gasteiger partial charge in [0.15, 0.2) is 11.5 Å². The molecule has 5 rings (SSSR count). The largest absolute Gasteiger partial charge is 0.497 e. The van der Waals surface area contributed by atoms with Gasteiger partial charge in [0.05, 0.1) is 12.8 Å². The van der Waals surface area contributed by atoms with Gasteiger partial charge in [0.25, 0.3) is 0 Å². The number of thioether (sulfide) groups is 1. The molecule has 2 aromatic carbocycles. The molecular formula is C23H21ClN2O3S. The Morgan fingerprint density at radius 2 is 1.93 bits per heavy atom. The van der Waals surface area contributed by atoms with Gasteiger partial charge in [-0.1, -0.05) is 11.6 Å². The molecule has 0 saturated carbocycles. The molecule has 0 unspecified atom stereocenters. The van der Waals surface area contributed by atoms with Crippen molar-refractivity contribution in [1.82, 2.24) is 4.98 Å². The Morgan fingerprint density at radius 1 is 1.13 bits per heavy atom. The second kappa shape index (κ2) is 8.28. The van der Waals surface area contributed by atoms with E-state index in [1.54, 1.807) is 7.11 Å².